The maximum atomic E-state index is 11.8. The first-order valence-corrected chi connectivity index (χ1v) is 13.1. The summed E-state index contributed by atoms with van der Waals surface area (Å²) < 4.78 is 2.83. The minimum atomic E-state index is -0.0309. The Labute approximate surface area is 248 Å². The summed E-state index contributed by atoms with van der Waals surface area (Å²) in [5, 5.41) is 6.18. The molecule has 2 aromatic rings. The van der Waals surface area contributed by atoms with Gasteiger partial charge in [-0.05, 0) is 80.4 Å². The third kappa shape index (κ3) is 9.32. The summed E-state index contributed by atoms with van der Waals surface area (Å²) in [4.78, 5) is 23.6. The average Bonchev–Trinajstić information content (AvgIpc) is 2.83. The van der Waals surface area contributed by atoms with Crippen LogP contribution in [0.15, 0.2) is 126 Å². The van der Waals surface area contributed by atoms with Crippen LogP contribution < -0.4 is 10.6 Å². The monoisotopic (exact) mass is 765 g/mol. The predicted octanol–water partition coefficient (Wildman–Crippen LogP) is 8.24. The van der Waals surface area contributed by atoms with E-state index < -0.39 is 0 Å². The largest absolute Gasteiger partial charge is 0.361 e. The molecule has 0 bridgehead atoms. The summed E-state index contributed by atoms with van der Waals surface area (Å²) in [6.45, 7) is 0. The molecule has 2 N–H and O–H groups in total. The van der Waals surface area contributed by atoms with Gasteiger partial charge in [0.2, 0.25) is 11.6 Å². The molecule has 4 rings (SSSR count). The van der Waals surface area contributed by atoms with Gasteiger partial charge in [0.1, 0.15) is 0 Å². The molecule has 0 fully saturated rings. The molecular weight excluding hydrogens is 751 g/mol. The second kappa shape index (κ2) is 14.7. The van der Waals surface area contributed by atoms with Gasteiger partial charge in [0.25, 0.3) is 0 Å². The van der Waals surface area contributed by atoms with E-state index in [1.165, 1.54) is 0 Å². The first-order valence-electron chi connectivity index (χ1n) is 9.95. The molecule has 0 atom stereocenters. The topological polar surface area (TPSA) is 58.2 Å². The Hall–Kier alpha value is -1.75. The molecule has 2 aliphatic rings. The van der Waals surface area contributed by atoms with Crippen molar-refractivity contribution in [2.24, 2.45) is 0 Å². The number of rotatable bonds is 4. The normalized spacial score (nSPS) is 17.3. The van der Waals surface area contributed by atoms with E-state index >= 15 is 0 Å². The van der Waals surface area contributed by atoms with Crippen molar-refractivity contribution in [3.05, 3.63) is 126 Å². The second-order valence-electron chi connectivity index (χ2n) is 6.92. The minimum Gasteiger partial charge on any atom is -0.361 e. The van der Waals surface area contributed by atoms with Crippen molar-refractivity contribution in [1.82, 2.24) is 0 Å². The molecule has 2 aromatic carbocycles. The number of allylic oxidation sites excluding steroid dienone is 10. The van der Waals surface area contributed by atoms with Gasteiger partial charge in [-0.2, -0.15) is 0 Å². The fourth-order valence-corrected chi connectivity index (χ4v) is 5.28. The van der Waals surface area contributed by atoms with Crippen molar-refractivity contribution in [3.63, 3.8) is 0 Å². The summed E-state index contributed by atoms with van der Waals surface area (Å²) in [5.41, 5.74) is 3.11. The van der Waals surface area contributed by atoms with Crippen LogP contribution in [0.5, 0.6) is 0 Å². The zero-order valence-corrected chi connectivity index (χ0v) is 25.3. The Morgan fingerprint density at radius 3 is 1.23 bits per heavy atom. The van der Waals surface area contributed by atoms with Crippen molar-refractivity contribution in [1.29, 1.82) is 0 Å². The molecule has 0 heterocycles. The van der Waals surface area contributed by atoms with E-state index in [9.17, 15) is 9.59 Å². The molecule has 0 unspecified atom stereocenters. The van der Waals surface area contributed by atoms with Crippen LogP contribution >= 0.6 is 63.7 Å². The summed E-state index contributed by atoms with van der Waals surface area (Å²) in [5.74, 6) is -0.0618. The van der Waals surface area contributed by atoms with Crippen molar-refractivity contribution in [3.8, 4) is 0 Å². The summed E-state index contributed by atoms with van der Waals surface area (Å²) in [7, 11) is 0. The number of para-hydroxylation sites is 2. The Morgan fingerprint density at radius 2 is 0.886 bits per heavy atom. The van der Waals surface area contributed by atoms with Gasteiger partial charge in [-0.1, -0.05) is 68.3 Å². The third-order valence-corrected chi connectivity index (χ3v) is 6.50. The second-order valence-corrected chi connectivity index (χ2v) is 10.5. The third-order valence-electron chi connectivity index (χ3n) is 4.41. The first kappa shape index (κ1) is 29.5. The average molecular weight is 769 g/mol. The van der Waals surface area contributed by atoms with E-state index in [1.54, 1.807) is 36.7 Å². The Balaban J connectivity index is 0.000000240. The van der Waals surface area contributed by atoms with Crippen molar-refractivity contribution in [2.45, 2.75) is 0 Å². The number of Topliss-reactive ketones (excluding diaryl/α,β-unsaturated/α-hetero) is 2. The zero-order chi connectivity index (χ0) is 24.5. The van der Waals surface area contributed by atoms with Crippen LogP contribution in [-0.2, 0) is 26.4 Å². The number of carbonyl (C=O) groups excluding carboxylic acids is 2. The van der Waals surface area contributed by atoms with Gasteiger partial charge in [-0.3, -0.25) is 9.59 Å². The molecule has 2 aliphatic carbocycles. The summed E-state index contributed by atoms with van der Waals surface area (Å²) >= 11 is 13.2. The number of anilines is 2. The van der Waals surface area contributed by atoms with Gasteiger partial charge >= 0.3 is 0 Å². The number of carbonyl (C=O) groups is 2. The molecule has 0 spiro atoms. The number of halogens is 4. The predicted molar refractivity (Wildman–Crippen MR) is 154 cm³/mol. The summed E-state index contributed by atoms with van der Waals surface area (Å²) in [6.07, 6.45) is 10.4. The molecular formula is C26H18Br4CoN2O2. The van der Waals surface area contributed by atoms with Gasteiger partial charge in [0.05, 0.1) is 8.96 Å². The molecule has 35 heavy (non-hydrogen) atoms. The summed E-state index contributed by atoms with van der Waals surface area (Å²) in [6, 6.07) is 19.4. The number of hydrogen-bond donors (Lipinski definition) is 2. The molecule has 0 saturated carbocycles. The molecule has 0 aliphatic heterocycles. The van der Waals surface area contributed by atoms with E-state index in [4.69, 9.17) is 0 Å². The van der Waals surface area contributed by atoms with Gasteiger partial charge in [-0.25, -0.2) is 0 Å². The van der Waals surface area contributed by atoms with Crippen LogP contribution in [0.25, 0.3) is 0 Å². The molecule has 181 valence electrons. The van der Waals surface area contributed by atoms with Gasteiger partial charge in [-0.15, -0.1) is 0 Å². The van der Waals surface area contributed by atoms with Crippen molar-refractivity contribution >= 4 is 86.7 Å². The number of hydrogen-bond acceptors (Lipinski definition) is 4. The zero-order valence-electron chi connectivity index (χ0n) is 17.9. The molecule has 4 nitrogen and oxygen atoms in total. The molecule has 0 aromatic heterocycles. The van der Waals surface area contributed by atoms with Crippen LogP contribution in [0.4, 0.5) is 11.4 Å². The maximum absolute atomic E-state index is 11.8. The van der Waals surface area contributed by atoms with Crippen LogP contribution in [0, 0.1) is 0 Å². The van der Waals surface area contributed by atoms with Crippen LogP contribution in [0.2, 0.25) is 0 Å². The van der Waals surface area contributed by atoms with Crippen LogP contribution in [0.1, 0.15) is 0 Å². The van der Waals surface area contributed by atoms with E-state index in [-0.39, 0.29) is 28.3 Å². The van der Waals surface area contributed by atoms with Gasteiger partial charge < -0.3 is 10.6 Å². The van der Waals surface area contributed by atoms with Crippen molar-refractivity contribution in [2.75, 3.05) is 10.6 Å². The van der Waals surface area contributed by atoms with Crippen LogP contribution in [-0.4, -0.2) is 11.6 Å². The first-order chi connectivity index (χ1) is 16.3. The van der Waals surface area contributed by atoms with Gasteiger partial charge in [0.15, 0.2) is 0 Å². The molecule has 0 amide bonds. The fourth-order valence-electron chi connectivity index (χ4n) is 2.77. The van der Waals surface area contributed by atoms with Crippen LogP contribution in [0.3, 0.4) is 0 Å². The Morgan fingerprint density at radius 1 is 0.543 bits per heavy atom. The fraction of sp³-hybridized carbons (Fsp3) is 0. The minimum absolute atomic E-state index is 0. The molecule has 0 saturated heterocycles. The van der Waals surface area contributed by atoms with Crippen molar-refractivity contribution < 1.29 is 26.4 Å². The molecule has 9 heteroatoms. The Bertz CT molecular complexity index is 1170. The van der Waals surface area contributed by atoms with E-state index in [0.29, 0.717) is 20.1 Å². The van der Waals surface area contributed by atoms with E-state index in [0.717, 1.165) is 20.3 Å². The smallest absolute Gasteiger partial charge is 0.201 e. The quantitative estimate of drug-likeness (QED) is 0.308. The molecule has 1 radical (unpaired) electrons. The number of nitrogens with one attached hydrogen (secondary N) is 2. The van der Waals surface area contributed by atoms with Gasteiger partial charge in [0, 0.05) is 60.7 Å². The SMILES string of the molecule is O=C1C(Br)=CC(Br)=CC1=CNc1ccccc1.O=C1C(Br)=CC(Br)=CC1=CNc1ccccc1.[Co]. The van der Waals surface area contributed by atoms with E-state index in [2.05, 4.69) is 74.4 Å². The number of benzene rings is 2. The standard InChI is InChI=1S/2C13H9Br2NO.Co/c2*14-10-6-9(13(17)12(15)7-10)8-16-11-4-2-1-3-5-11;/h2*1-8,16H;. The maximum Gasteiger partial charge on any atom is 0.201 e. The number of ketones is 2. The van der Waals surface area contributed by atoms with E-state index in [1.807, 2.05) is 60.7 Å². The Kier molecular flexibility index (Phi) is 12.4.